The first kappa shape index (κ1) is 39.9. The maximum absolute atomic E-state index is 12.3. The van der Waals surface area contributed by atoms with Crippen LogP contribution in [0.5, 0.6) is 0 Å². The summed E-state index contributed by atoms with van der Waals surface area (Å²) in [6, 6.07) is -1.16. The van der Waals surface area contributed by atoms with E-state index < -0.39 is 43.2 Å². The van der Waals surface area contributed by atoms with E-state index in [0.717, 1.165) is 19.3 Å². The molecule has 0 rings (SSSR count). The summed E-state index contributed by atoms with van der Waals surface area (Å²) >= 11 is 0. The minimum absolute atomic E-state index is 0.0269. The molecule has 0 spiro atoms. The fourth-order valence-corrected chi connectivity index (χ4v) is 4.93. The van der Waals surface area contributed by atoms with Crippen molar-refractivity contribution in [2.45, 2.75) is 160 Å². The monoisotopic (exact) mass is 589 g/mol. The zero-order valence-corrected chi connectivity index (χ0v) is 26.0. The minimum Gasteiger partial charge on any atom is -0.396 e. The van der Waals surface area contributed by atoms with Crippen LogP contribution in [0.25, 0.3) is 0 Å². The number of nitrogens with one attached hydrogen (secondary N) is 1. The van der Waals surface area contributed by atoms with E-state index in [1.807, 2.05) is 19.1 Å². The standard InChI is InChI=1S/C32H63NO8/c1-4-5-6-7-8-9-10-11-12-13-17-20-29(38)33-27(23-35)30(39)32(41)31(40)28(37)19-16-14-15-18-26(22-34)21-24(2)25(3)36/h15,18,24-28,30-32,34-37,39-41H,4-14,16-17,19-23H2,1-3H3,(H,33,38)/b18-15+. The van der Waals surface area contributed by atoms with Gasteiger partial charge in [0.2, 0.25) is 5.91 Å². The van der Waals surface area contributed by atoms with Gasteiger partial charge in [0.05, 0.1) is 24.9 Å². The molecule has 0 aliphatic heterocycles. The molecule has 0 aliphatic rings. The van der Waals surface area contributed by atoms with Gasteiger partial charge in [-0.15, -0.1) is 0 Å². The van der Waals surface area contributed by atoms with Crippen molar-refractivity contribution in [3.05, 3.63) is 12.2 Å². The Morgan fingerprint density at radius 3 is 1.80 bits per heavy atom. The number of hydrogen-bond donors (Lipinski definition) is 8. The zero-order chi connectivity index (χ0) is 31.0. The third-order valence-electron chi connectivity index (χ3n) is 8.07. The van der Waals surface area contributed by atoms with E-state index in [1.54, 1.807) is 6.92 Å². The van der Waals surface area contributed by atoms with Gasteiger partial charge < -0.3 is 41.1 Å². The van der Waals surface area contributed by atoms with Crippen LogP contribution >= 0.6 is 0 Å². The molecular weight excluding hydrogens is 526 g/mol. The molecule has 9 heteroatoms. The van der Waals surface area contributed by atoms with Gasteiger partial charge in [0.25, 0.3) is 0 Å². The summed E-state index contributed by atoms with van der Waals surface area (Å²) in [6.45, 7) is 5.22. The Labute approximate surface area is 249 Å². The molecular formula is C32H63NO8. The topological polar surface area (TPSA) is 171 Å². The summed E-state index contributed by atoms with van der Waals surface area (Å²) in [6.07, 6.45) is 11.9. The summed E-state index contributed by atoms with van der Waals surface area (Å²) in [5, 5.41) is 72.9. The van der Waals surface area contributed by atoms with E-state index in [-0.39, 0.29) is 37.2 Å². The second kappa shape index (κ2) is 25.4. The Morgan fingerprint density at radius 1 is 0.732 bits per heavy atom. The molecule has 8 N–H and O–H groups in total. The third-order valence-corrected chi connectivity index (χ3v) is 8.07. The van der Waals surface area contributed by atoms with E-state index in [0.29, 0.717) is 25.7 Å². The first-order valence-electron chi connectivity index (χ1n) is 16.2. The number of allylic oxidation sites excluding steroid dienone is 1. The second-order valence-electron chi connectivity index (χ2n) is 11.9. The first-order valence-corrected chi connectivity index (χ1v) is 16.2. The number of carbonyl (C=O) groups is 1. The maximum Gasteiger partial charge on any atom is 0.220 e. The van der Waals surface area contributed by atoms with E-state index in [4.69, 9.17) is 0 Å². The van der Waals surface area contributed by atoms with Crippen molar-refractivity contribution in [1.29, 1.82) is 0 Å². The van der Waals surface area contributed by atoms with Crippen molar-refractivity contribution in [2.24, 2.45) is 11.8 Å². The lowest BCUT2D eigenvalue weighted by molar-refractivity contribution is -0.131. The van der Waals surface area contributed by atoms with E-state index >= 15 is 0 Å². The Hall–Kier alpha value is -1.07. The van der Waals surface area contributed by atoms with Crippen LogP contribution in [0.15, 0.2) is 12.2 Å². The van der Waals surface area contributed by atoms with Gasteiger partial charge in [0, 0.05) is 18.9 Å². The predicted molar refractivity (Wildman–Crippen MR) is 163 cm³/mol. The second-order valence-corrected chi connectivity index (χ2v) is 11.9. The number of rotatable bonds is 27. The Bertz CT molecular complexity index is 647. The SMILES string of the molecule is CCCCCCCCCCCCCC(=O)NC(CO)C(O)C(O)C(O)C(O)CCC/C=C/C(CO)CC(C)C(C)O. The average molecular weight is 590 g/mol. The molecule has 0 saturated heterocycles. The summed E-state index contributed by atoms with van der Waals surface area (Å²) < 4.78 is 0. The lowest BCUT2D eigenvalue weighted by Crippen LogP contribution is -2.55. The summed E-state index contributed by atoms with van der Waals surface area (Å²) in [4.78, 5) is 12.3. The molecule has 244 valence electrons. The molecule has 41 heavy (non-hydrogen) atoms. The molecule has 0 heterocycles. The van der Waals surface area contributed by atoms with Crippen molar-refractivity contribution in [3.63, 3.8) is 0 Å². The molecule has 0 aromatic heterocycles. The van der Waals surface area contributed by atoms with Gasteiger partial charge in [-0.3, -0.25) is 4.79 Å². The number of aliphatic hydroxyl groups excluding tert-OH is 7. The zero-order valence-electron chi connectivity index (χ0n) is 26.0. The molecule has 9 nitrogen and oxygen atoms in total. The fourth-order valence-electron chi connectivity index (χ4n) is 4.93. The lowest BCUT2D eigenvalue weighted by atomic mass is 9.92. The van der Waals surface area contributed by atoms with Crippen LogP contribution in [-0.2, 0) is 4.79 Å². The van der Waals surface area contributed by atoms with Crippen molar-refractivity contribution in [1.82, 2.24) is 5.32 Å². The van der Waals surface area contributed by atoms with E-state index in [1.165, 1.54) is 44.9 Å². The highest BCUT2D eigenvalue weighted by molar-refractivity contribution is 5.76. The van der Waals surface area contributed by atoms with Crippen molar-refractivity contribution >= 4 is 5.91 Å². The fraction of sp³-hybridized carbons (Fsp3) is 0.906. The molecule has 8 unspecified atom stereocenters. The van der Waals surface area contributed by atoms with Crippen LogP contribution in [0.4, 0.5) is 0 Å². The average Bonchev–Trinajstić information content (AvgIpc) is 2.96. The van der Waals surface area contributed by atoms with Gasteiger partial charge in [0.15, 0.2) is 0 Å². The van der Waals surface area contributed by atoms with Gasteiger partial charge in [0.1, 0.15) is 18.3 Å². The highest BCUT2D eigenvalue weighted by Crippen LogP contribution is 2.18. The molecule has 0 aliphatic carbocycles. The van der Waals surface area contributed by atoms with Gasteiger partial charge in [-0.05, 0) is 44.9 Å². The summed E-state index contributed by atoms with van der Waals surface area (Å²) in [5.74, 6) is -0.358. The third kappa shape index (κ3) is 19.7. The van der Waals surface area contributed by atoms with Crippen molar-refractivity contribution in [3.8, 4) is 0 Å². The van der Waals surface area contributed by atoms with Crippen LogP contribution in [0.1, 0.15) is 124 Å². The van der Waals surface area contributed by atoms with Gasteiger partial charge in [-0.1, -0.05) is 90.2 Å². The van der Waals surface area contributed by atoms with Crippen molar-refractivity contribution in [2.75, 3.05) is 13.2 Å². The molecule has 8 atom stereocenters. The van der Waals surface area contributed by atoms with Crippen LogP contribution < -0.4 is 5.32 Å². The normalized spacial score (nSPS) is 18.0. The maximum atomic E-state index is 12.3. The number of aliphatic hydroxyl groups is 7. The van der Waals surface area contributed by atoms with Crippen LogP contribution in [0, 0.1) is 11.8 Å². The summed E-state index contributed by atoms with van der Waals surface area (Å²) in [5.41, 5.74) is 0. The Balaban J connectivity index is 4.29. The quantitative estimate of drug-likeness (QED) is 0.0532. The largest absolute Gasteiger partial charge is 0.396 e. The number of carbonyl (C=O) groups excluding carboxylic acids is 1. The highest BCUT2D eigenvalue weighted by atomic mass is 16.4. The van der Waals surface area contributed by atoms with Gasteiger partial charge in [-0.25, -0.2) is 0 Å². The van der Waals surface area contributed by atoms with E-state index in [2.05, 4.69) is 12.2 Å². The Kier molecular flexibility index (Phi) is 24.8. The van der Waals surface area contributed by atoms with E-state index in [9.17, 15) is 40.5 Å². The van der Waals surface area contributed by atoms with Crippen molar-refractivity contribution < 1.29 is 40.5 Å². The highest BCUT2D eigenvalue weighted by Gasteiger charge is 2.35. The summed E-state index contributed by atoms with van der Waals surface area (Å²) in [7, 11) is 0. The molecule has 0 radical (unpaired) electrons. The molecule has 0 fully saturated rings. The molecule has 0 saturated carbocycles. The first-order chi connectivity index (χ1) is 19.6. The Morgan fingerprint density at radius 2 is 1.29 bits per heavy atom. The minimum atomic E-state index is -1.75. The number of amides is 1. The predicted octanol–water partition coefficient (Wildman–Crippen LogP) is 3.35. The van der Waals surface area contributed by atoms with Gasteiger partial charge >= 0.3 is 0 Å². The smallest absolute Gasteiger partial charge is 0.220 e. The van der Waals surface area contributed by atoms with Crippen LogP contribution in [0.2, 0.25) is 0 Å². The van der Waals surface area contributed by atoms with Gasteiger partial charge in [-0.2, -0.15) is 0 Å². The molecule has 0 bridgehead atoms. The molecule has 1 amide bonds. The number of hydrogen-bond acceptors (Lipinski definition) is 8. The lowest BCUT2D eigenvalue weighted by Gasteiger charge is -2.31. The van der Waals surface area contributed by atoms with Crippen LogP contribution in [-0.4, -0.2) is 91.4 Å². The molecule has 0 aromatic carbocycles. The molecule has 0 aromatic rings. The number of unbranched alkanes of at least 4 members (excludes halogenated alkanes) is 11. The van der Waals surface area contributed by atoms with Crippen LogP contribution in [0.3, 0.4) is 0 Å².